The molecule has 2 saturated heterocycles. The highest BCUT2D eigenvalue weighted by molar-refractivity contribution is 6.30. The molecular formula is C26H31ClN4O4. The maximum atomic E-state index is 13.6. The minimum absolute atomic E-state index is 0.119. The van der Waals surface area contributed by atoms with Crippen molar-refractivity contribution in [1.82, 2.24) is 15.1 Å². The van der Waals surface area contributed by atoms with E-state index in [1.54, 1.807) is 23.1 Å². The van der Waals surface area contributed by atoms with Crippen molar-refractivity contribution in [1.29, 1.82) is 0 Å². The van der Waals surface area contributed by atoms with Gasteiger partial charge in [-0.15, -0.1) is 0 Å². The van der Waals surface area contributed by atoms with Crippen molar-refractivity contribution < 1.29 is 19.1 Å². The van der Waals surface area contributed by atoms with Crippen molar-refractivity contribution in [3.05, 3.63) is 53.1 Å². The minimum Gasteiger partial charge on any atom is -0.454 e. The predicted octanol–water partition coefficient (Wildman–Crippen LogP) is 4.44. The van der Waals surface area contributed by atoms with Crippen molar-refractivity contribution in [2.24, 2.45) is 5.92 Å². The van der Waals surface area contributed by atoms with E-state index < -0.39 is 5.66 Å². The number of amides is 3. The number of benzene rings is 2. The number of hydrogen-bond acceptors (Lipinski definition) is 5. The molecule has 2 aromatic carbocycles. The van der Waals surface area contributed by atoms with Gasteiger partial charge in [-0.2, -0.15) is 0 Å². The molecule has 2 aromatic rings. The Labute approximate surface area is 210 Å². The molecule has 35 heavy (non-hydrogen) atoms. The topological polar surface area (TPSA) is 83.1 Å². The zero-order valence-corrected chi connectivity index (χ0v) is 20.8. The summed E-state index contributed by atoms with van der Waals surface area (Å²) < 4.78 is 11.0. The number of rotatable bonds is 5. The Morgan fingerprint density at radius 2 is 1.97 bits per heavy atom. The molecule has 186 valence electrons. The summed E-state index contributed by atoms with van der Waals surface area (Å²) in [6.07, 6.45) is 2.21. The quantitative estimate of drug-likeness (QED) is 0.636. The number of carbonyl (C=O) groups is 2. The van der Waals surface area contributed by atoms with Gasteiger partial charge >= 0.3 is 6.03 Å². The zero-order chi connectivity index (χ0) is 24.6. The number of fused-ring (bicyclic) bond motifs is 1. The van der Waals surface area contributed by atoms with Gasteiger partial charge in [-0.3, -0.25) is 10.1 Å². The summed E-state index contributed by atoms with van der Waals surface area (Å²) in [5.41, 5.74) is 1.17. The fourth-order valence-corrected chi connectivity index (χ4v) is 5.33. The van der Waals surface area contributed by atoms with Crippen molar-refractivity contribution >= 4 is 29.2 Å². The molecule has 3 heterocycles. The fraction of sp³-hybridized carbons (Fsp3) is 0.462. The average molecular weight is 499 g/mol. The molecule has 1 spiro atoms. The highest BCUT2D eigenvalue weighted by Gasteiger charge is 2.52. The van der Waals surface area contributed by atoms with Crippen molar-refractivity contribution in [2.75, 3.05) is 25.2 Å². The third-order valence-corrected chi connectivity index (χ3v) is 7.65. The van der Waals surface area contributed by atoms with Gasteiger partial charge in [0.15, 0.2) is 11.5 Å². The highest BCUT2D eigenvalue weighted by atomic mass is 35.5. The molecule has 2 N–H and O–H groups in total. The molecule has 3 amide bonds. The van der Waals surface area contributed by atoms with Crippen LogP contribution in [0.25, 0.3) is 0 Å². The number of nitrogens with one attached hydrogen (secondary N) is 2. The molecule has 0 unspecified atom stereocenters. The molecule has 8 nitrogen and oxygen atoms in total. The Bertz CT molecular complexity index is 1120. The number of halogens is 1. The average Bonchev–Trinajstić information content (AvgIpc) is 3.42. The lowest BCUT2D eigenvalue weighted by Gasteiger charge is -2.44. The van der Waals surface area contributed by atoms with E-state index in [4.69, 9.17) is 21.1 Å². The van der Waals surface area contributed by atoms with E-state index in [0.29, 0.717) is 48.9 Å². The predicted molar refractivity (Wildman–Crippen MR) is 134 cm³/mol. The Morgan fingerprint density at radius 3 is 2.71 bits per heavy atom. The molecule has 5 rings (SSSR count). The summed E-state index contributed by atoms with van der Waals surface area (Å²) in [7, 11) is 0. The second-order valence-corrected chi connectivity index (χ2v) is 10.0. The third kappa shape index (κ3) is 4.65. The fourth-order valence-electron chi connectivity index (χ4n) is 5.14. The summed E-state index contributed by atoms with van der Waals surface area (Å²) in [5.74, 6) is 1.77. The van der Waals surface area contributed by atoms with Gasteiger partial charge in [-0.25, -0.2) is 4.79 Å². The van der Waals surface area contributed by atoms with E-state index in [2.05, 4.69) is 24.5 Å². The van der Waals surface area contributed by atoms with Crippen LogP contribution in [0.1, 0.15) is 38.7 Å². The van der Waals surface area contributed by atoms with Gasteiger partial charge in [0.1, 0.15) is 0 Å². The van der Waals surface area contributed by atoms with E-state index >= 15 is 0 Å². The van der Waals surface area contributed by atoms with Crippen LogP contribution in [0.2, 0.25) is 5.02 Å². The van der Waals surface area contributed by atoms with Crippen LogP contribution in [0.3, 0.4) is 0 Å². The highest BCUT2D eigenvalue weighted by Crippen LogP contribution is 2.38. The number of carbonyl (C=O) groups excluding carboxylic acids is 2. The van der Waals surface area contributed by atoms with Gasteiger partial charge in [0.05, 0.1) is 11.7 Å². The summed E-state index contributed by atoms with van der Waals surface area (Å²) in [6, 6.07) is 12.6. The van der Waals surface area contributed by atoms with Gasteiger partial charge in [-0.1, -0.05) is 44.0 Å². The van der Waals surface area contributed by atoms with Crippen LogP contribution < -0.4 is 20.1 Å². The molecule has 2 fully saturated rings. The lowest BCUT2D eigenvalue weighted by atomic mass is 9.95. The number of likely N-dealkylation sites (tertiary alicyclic amines) is 1. The minimum atomic E-state index is -0.492. The van der Waals surface area contributed by atoms with Crippen LogP contribution in [0.4, 0.5) is 10.5 Å². The molecule has 9 heteroatoms. The third-order valence-electron chi connectivity index (χ3n) is 7.42. The van der Waals surface area contributed by atoms with Crippen LogP contribution in [0.15, 0.2) is 42.5 Å². The van der Waals surface area contributed by atoms with Crippen molar-refractivity contribution in [2.45, 2.75) is 51.4 Å². The Hall–Kier alpha value is -2.97. The van der Waals surface area contributed by atoms with Crippen LogP contribution in [-0.4, -0.2) is 53.3 Å². The number of urea groups is 1. The van der Waals surface area contributed by atoms with Crippen LogP contribution in [0, 0.1) is 5.92 Å². The number of hydrogen-bond donors (Lipinski definition) is 2. The molecule has 2 atom stereocenters. The van der Waals surface area contributed by atoms with Gasteiger partial charge in [0, 0.05) is 43.2 Å². The van der Waals surface area contributed by atoms with E-state index in [1.165, 1.54) is 0 Å². The molecule has 0 radical (unpaired) electrons. The van der Waals surface area contributed by atoms with Crippen LogP contribution in [-0.2, 0) is 11.3 Å². The first-order chi connectivity index (χ1) is 16.9. The zero-order valence-electron chi connectivity index (χ0n) is 20.1. The smallest absolute Gasteiger partial charge is 0.321 e. The molecular weight excluding hydrogens is 468 g/mol. The SMILES string of the molecule is CC[C@@H](C)[C@H]1NC2(CCN(C(=O)Nc3cccc(Cl)c3)CC2)N(Cc2ccc3c(c2)OCO3)C1=O. The van der Waals surface area contributed by atoms with E-state index in [0.717, 1.165) is 17.7 Å². The Balaban J connectivity index is 1.32. The van der Waals surface area contributed by atoms with Gasteiger partial charge in [0.25, 0.3) is 0 Å². The normalized spacial score (nSPS) is 21.5. The molecule has 0 aliphatic carbocycles. The standard InChI is InChI=1S/C26H31ClN4O4/c1-3-17(2)23-24(32)31(15-18-7-8-21-22(13-18)35-16-34-21)26(29-23)9-11-30(12-10-26)25(33)28-20-6-4-5-19(27)14-20/h4-8,13-14,17,23,29H,3,9-12,15-16H2,1-2H3,(H,28,33)/t17-,23-/m1/s1. The molecule has 0 aromatic heterocycles. The van der Waals surface area contributed by atoms with Crippen LogP contribution in [0.5, 0.6) is 11.5 Å². The van der Waals surface area contributed by atoms with Gasteiger partial charge in [-0.05, 0) is 41.8 Å². The maximum Gasteiger partial charge on any atom is 0.321 e. The van der Waals surface area contributed by atoms with Crippen molar-refractivity contribution in [3.8, 4) is 11.5 Å². The molecule has 0 saturated carbocycles. The maximum absolute atomic E-state index is 13.6. The molecule has 3 aliphatic rings. The monoisotopic (exact) mass is 498 g/mol. The second kappa shape index (κ2) is 9.59. The van der Waals surface area contributed by atoms with E-state index in [9.17, 15) is 9.59 Å². The summed E-state index contributed by atoms with van der Waals surface area (Å²) in [5, 5.41) is 7.19. The summed E-state index contributed by atoms with van der Waals surface area (Å²) in [6.45, 7) is 5.99. The van der Waals surface area contributed by atoms with Crippen molar-refractivity contribution in [3.63, 3.8) is 0 Å². The van der Waals surface area contributed by atoms with Gasteiger partial charge < -0.3 is 24.6 Å². The number of ether oxygens (including phenoxy) is 2. The Kier molecular flexibility index (Phi) is 6.51. The molecule has 3 aliphatic heterocycles. The van der Waals surface area contributed by atoms with Gasteiger partial charge in [0.2, 0.25) is 12.7 Å². The number of piperidine rings is 1. The summed E-state index contributed by atoms with van der Waals surface area (Å²) >= 11 is 6.05. The first-order valence-electron chi connectivity index (χ1n) is 12.2. The Morgan fingerprint density at radius 1 is 1.20 bits per heavy atom. The largest absolute Gasteiger partial charge is 0.454 e. The lowest BCUT2D eigenvalue weighted by molar-refractivity contribution is -0.134. The van der Waals surface area contributed by atoms with E-state index in [1.807, 2.05) is 29.2 Å². The van der Waals surface area contributed by atoms with Crippen LogP contribution >= 0.6 is 11.6 Å². The first kappa shape index (κ1) is 23.8. The number of nitrogens with zero attached hydrogens (tertiary/aromatic N) is 2. The second-order valence-electron chi connectivity index (χ2n) is 9.58. The first-order valence-corrected chi connectivity index (χ1v) is 12.6. The number of anilines is 1. The van der Waals surface area contributed by atoms with E-state index in [-0.39, 0.29) is 30.7 Å². The lowest BCUT2D eigenvalue weighted by Crippen LogP contribution is -2.59. The molecule has 0 bridgehead atoms. The summed E-state index contributed by atoms with van der Waals surface area (Å²) in [4.78, 5) is 30.3.